The van der Waals surface area contributed by atoms with E-state index in [4.69, 9.17) is 15.0 Å². The monoisotopic (exact) mass is 428 g/mol. The Labute approximate surface area is 185 Å². The van der Waals surface area contributed by atoms with Crippen LogP contribution < -0.4 is 20.3 Å². The molecule has 0 bridgehead atoms. The van der Waals surface area contributed by atoms with E-state index in [1.807, 2.05) is 12.3 Å². The van der Waals surface area contributed by atoms with Crippen LogP contribution in [0.5, 0.6) is 5.88 Å². The van der Waals surface area contributed by atoms with Gasteiger partial charge in [0.1, 0.15) is 0 Å². The van der Waals surface area contributed by atoms with Crippen molar-refractivity contribution in [3.8, 4) is 5.88 Å². The Hall–Kier alpha value is -2.35. The Bertz CT molecular complexity index is 816. The average molecular weight is 429 g/mol. The second kappa shape index (κ2) is 9.85. The Morgan fingerprint density at radius 2 is 1.90 bits per heavy atom. The highest BCUT2D eigenvalue weighted by Gasteiger charge is 2.27. The predicted molar refractivity (Wildman–Crippen MR) is 122 cm³/mol. The van der Waals surface area contributed by atoms with E-state index in [1.54, 1.807) is 0 Å². The highest BCUT2D eigenvalue weighted by Crippen LogP contribution is 2.30. The summed E-state index contributed by atoms with van der Waals surface area (Å²) in [4.78, 5) is 13.5. The summed E-state index contributed by atoms with van der Waals surface area (Å²) in [5.74, 6) is 3.09. The smallest absolute Gasteiger partial charge is 0.324 e. The number of piperidine rings is 1. The van der Waals surface area contributed by atoms with Crippen molar-refractivity contribution in [2.75, 3.05) is 42.6 Å². The molecule has 8 nitrogen and oxygen atoms in total. The van der Waals surface area contributed by atoms with E-state index in [0.29, 0.717) is 36.3 Å². The summed E-state index contributed by atoms with van der Waals surface area (Å²) < 4.78 is 11.4. The Balaban J connectivity index is 1.18. The molecule has 2 aromatic rings. The van der Waals surface area contributed by atoms with Crippen LogP contribution in [0.15, 0.2) is 22.9 Å². The molecule has 4 heterocycles. The standard InChI is InChI=1S/C23H36N6O2/c1-16(2)22-26-23(31-27-22)28-10-6-18(7-11-28)17(3)9-13-30-21-5-4-20(14-25-21)29-12-8-19(24)15-29/h4-5,14,16-19H,6-13,15,24H2,1-3H3/t17-,19-/m1/s1. The lowest BCUT2D eigenvalue weighted by molar-refractivity contribution is 0.216. The summed E-state index contributed by atoms with van der Waals surface area (Å²) in [5, 5.41) is 4.09. The molecule has 4 rings (SSSR count). The van der Waals surface area contributed by atoms with Gasteiger partial charge in [-0.05, 0) is 43.6 Å². The van der Waals surface area contributed by atoms with E-state index in [-0.39, 0.29) is 6.04 Å². The molecule has 2 aliphatic rings. The summed E-state index contributed by atoms with van der Waals surface area (Å²) in [7, 11) is 0. The second-order valence-corrected chi connectivity index (χ2v) is 9.38. The fraction of sp³-hybridized carbons (Fsp3) is 0.696. The van der Waals surface area contributed by atoms with Gasteiger partial charge in [0.25, 0.3) is 0 Å². The summed E-state index contributed by atoms with van der Waals surface area (Å²) in [6.07, 6.45) is 6.27. The zero-order chi connectivity index (χ0) is 21.8. The van der Waals surface area contributed by atoms with Crippen LogP contribution in [-0.4, -0.2) is 54.0 Å². The number of ether oxygens (including phenoxy) is 1. The molecule has 0 radical (unpaired) electrons. The lowest BCUT2D eigenvalue weighted by atomic mass is 9.84. The minimum atomic E-state index is 0.272. The molecule has 2 N–H and O–H groups in total. The van der Waals surface area contributed by atoms with Gasteiger partial charge >= 0.3 is 6.01 Å². The second-order valence-electron chi connectivity index (χ2n) is 9.38. The fourth-order valence-corrected chi connectivity index (χ4v) is 4.50. The number of hydrogen-bond donors (Lipinski definition) is 1. The SMILES string of the molecule is CC(C)c1noc(N2CCC([C@H](C)CCOc3ccc(N4CC[C@@H](N)C4)cn3)CC2)n1. The predicted octanol–water partition coefficient (Wildman–Crippen LogP) is 3.45. The van der Waals surface area contributed by atoms with E-state index in [1.165, 1.54) is 0 Å². The van der Waals surface area contributed by atoms with Crippen molar-refractivity contribution in [3.05, 3.63) is 24.2 Å². The van der Waals surface area contributed by atoms with Crippen molar-refractivity contribution in [3.63, 3.8) is 0 Å². The molecule has 0 amide bonds. The maximum absolute atomic E-state index is 6.00. The molecular formula is C23H36N6O2. The number of pyridine rings is 1. The van der Waals surface area contributed by atoms with Gasteiger partial charge in [0.05, 0.1) is 18.5 Å². The first-order chi connectivity index (χ1) is 15.0. The third-order valence-corrected chi connectivity index (χ3v) is 6.70. The summed E-state index contributed by atoms with van der Waals surface area (Å²) in [6.45, 7) is 11.0. The fourth-order valence-electron chi connectivity index (χ4n) is 4.50. The van der Waals surface area contributed by atoms with Crippen LogP contribution in [0.1, 0.15) is 58.2 Å². The highest BCUT2D eigenvalue weighted by molar-refractivity contribution is 5.46. The van der Waals surface area contributed by atoms with Gasteiger partial charge in [0, 0.05) is 44.2 Å². The number of anilines is 2. The van der Waals surface area contributed by atoms with Crippen LogP contribution >= 0.6 is 0 Å². The zero-order valence-corrected chi connectivity index (χ0v) is 19.0. The molecule has 2 aliphatic heterocycles. The first-order valence-corrected chi connectivity index (χ1v) is 11.7. The van der Waals surface area contributed by atoms with Crippen molar-refractivity contribution in [1.29, 1.82) is 0 Å². The molecule has 8 heteroatoms. The number of hydrogen-bond acceptors (Lipinski definition) is 8. The molecule has 2 atom stereocenters. The van der Waals surface area contributed by atoms with Gasteiger partial charge in [-0.15, -0.1) is 0 Å². The minimum Gasteiger partial charge on any atom is -0.478 e. The van der Waals surface area contributed by atoms with Crippen LogP contribution in [0.25, 0.3) is 0 Å². The third-order valence-electron chi connectivity index (χ3n) is 6.70. The molecule has 170 valence electrons. The van der Waals surface area contributed by atoms with E-state index >= 15 is 0 Å². The molecule has 0 aliphatic carbocycles. The Kier molecular flexibility index (Phi) is 6.95. The molecule has 2 fully saturated rings. The largest absolute Gasteiger partial charge is 0.478 e. The molecule has 0 aromatic carbocycles. The van der Waals surface area contributed by atoms with Gasteiger partial charge in [-0.25, -0.2) is 4.98 Å². The molecule has 0 unspecified atom stereocenters. The molecule has 31 heavy (non-hydrogen) atoms. The van der Waals surface area contributed by atoms with Gasteiger partial charge in [0.2, 0.25) is 5.88 Å². The molecule has 0 spiro atoms. The van der Waals surface area contributed by atoms with Crippen molar-refractivity contribution < 1.29 is 9.26 Å². The lowest BCUT2D eigenvalue weighted by Crippen LogP contribution is -2.36. The van der Waals surface area contributed by atoms with Crippen molar-refractivity contribution in [2.45, 2.75) is 58.4 Å². The first-order valence-electron chi connectivity index (χ1n) is 11.7. The molecule has 0 saturated carbocycles. The Morgan fingerprint density at radius 1 is 1.13 bits per heavy atom. The van der Waals surface area contributed by atoms with Crippen LogP contribution in [0, 0.1) is 11.8 Å². The van der Waals surface area contributed by atoms with Crippen LogP contribution in [0.3, 0.4) is 0 Å². The van der Waals surface area contributed by atoms with Gasteiger partial charge in [-0.3, -0.25) is 0 Å². The maximum Gasteiger partial charge on any atom is 0.324 e. The van der Waals surface area contributed by atoms with E-state index in [0.717, 1.165) is 63.4 Å². The minimum absolute atomic E-state index is 0.272. The summed E-state index contributed by atoms with van der Waals surface area (Å²) >= 11 is 0. The average Bonchev–Trinajstić information content (AvgIpc) is 3.44. The van der Waals surface area contributed by atoms with E-state index in [2.05, 4.69) is 51.8 Å². The van der Waals surface area contributed by atoms with Crippen LogP contribution in [0.4, 0.5) is 11.7 Å². The first kappa shape index (κ1) is 21.9. The van der Waals surface area contributed by atoms with Crippen molar-refractivity contribution in [2.24, 2.45) is 17.6 Å². The highest BCUT2D eigenvalue weighted by atomic mass is 16.5. The van der Waals surface area contributed by atoms with Gasteiger partial charge in [-0.1, -0.05) is 25.9 Å². The lowest BCUT2D eigenvalue weighted by Gasteiger charge is -2.33. The number of aromatic nitrogens is 3. The quantitative estimate of drug-likeness (QED) is 0.683. The summed E-state index contributed by atoms with van der Waals surface area (Å²) in [6, 6.07) is 5.00. The van der Waals surface area contributed by atoms with Gasteiger partial charge in [-0.2, -0.15) is 4.98 Å². The Morgan fingerprint density at radius 3 is 2.52 bits per heavy atom. The third kappa shape index (κ3) is 5.47. The van der Waals surface area contributed by atoms with Crippen molar-refractivity contribution in [1.82, 2.24) is 15.1 Å². The number of nitrogens with zero attached hydrogens (tertiary/aromatic N) is 5. The van der Waals surface area contributed by atoms with Crippen LogP contribution in [-0.2, 0) is 0 Å². The van der Waals surface area contributed by atoms with Gasteiger partial charge < -0.3 is 24.8 Å². The normalized spacial score (nSPS) is 21.1. The van der Waals surface area contributed by atoms with E-state index in [9.17, 15) is 0 Å². The molecule has 2 saturated heterocycles. The van der Waals surface area contributed by atoms with Gasteiger partial charge in [0.15, 0.2) is 5.82 Å². The molecular weight excluding hydrogens is 392 g/mol. The number of rotatable bonds is 8. The summed E-state index contributed by atoms with van der Waals surface area (Å²) in [5.41, 5.74) is 7.12. The van der Waals surface area contributed by atoms with E-state index < -0.39 is 0 Å². The molecule has 2 aromatic heterocycles. The number of nitrogens with two attached hydrogens (primary N) is 1. The maximum atomic E-state index is 6.00. The van der Waals surface area contributed by atoms with Crippen LogP contribution in [0.2, 0.25) is 0 Å². The van der Waals surface area contributed by atoms with Crippen molar-refractivity contribution >= 4 is 11.7 Å². The topological polar surface area (TPSA) is 93.5 Å². The zero-order valence-electron chi connectivity index (χ0n) is 19.0.